The Bertz CT molecular complexity index is 396. The lowest BCUT2D eigenvalue weighted by Gasteiger charge is -2.03. The van der Waals surface area contributed by atoms with Crippen LogP contribution in [0.25, 0.3) is 0 Å². The minimum Gasteiger partial charge on any atom is -0.508 e. The van der Waals surface area contributed by atoms with E-state index in [1.54, 1.807) is 12.1 Å². The Labute approximate surface area is 87.9 Å². The molecule has 2 nitrogen and oxygen atoms in total. The van der Waals surface area contributed by atoms with Gasteiger partial charge in [0.05, 0.1) is 10.7 Å². The fourth-order valence-corrected chi connectivity index (χ4v) is 1.25. The number of benzene rings is 1. The average molecular weight is 208 g/mol. The molecule has 0 radical (unpaired) electrons. The van der Waals surface area contributed by atoms with Crippen LogP contribution in [0.1, 0.15) is 5.56 Å². The van der Waals surface area contributed by atoms with Crippen molar-refractivity contribution in [3.8, 4) is 5.75 Å². The van der Waals surface area contributed by atoms with Crippen molar-refractivity contribution in [2.45, 2.75) is 0 Å². The third-order valence-corrected chi connectivity index (χ3v) is 1.98. The fourth-order valence-electron chi connectivity index (χ4n) is 1.04. The van der Waals surface area contributed by atoms with E-state index < -0.39 is 0 Å². The zero-order valence-electron chi connectivity index (χ0n) is 7.57. The highest BCUT2D eigenvalue weighted by Crippen LogP contribution is 2.22. The minimum atomic E-state index is 0.142. The number of nitrogens with zero attached hydrogens (tertiary/aromatic N) is 1. The summed E-state index contributed by atoms with van der Waals surface area (Å²) in [4.78, 5) is 3.98. The first-order valence-corrected chi connectivity index (χ1v) is 4.37. The molecule has 0 bridgehead atoms. The van der Waals surface area contributed by atoms with Gasteiger partial charge in [-0.3, -0.25) is 4.99 Å². The number of aromatic hydroxyl groups is 1. The molecule has 0 aliphatic rings. The Morgan fingerprint density at radius 1 is 1.43 bits per heavy atom. The highest BCUT2D eigenvalue weighted by atomic mass is 35.5. The molecule has 1 aromatic rings. The van der Waals surface area contributed by atoms with E-state index in [9.17, 15) is 5.11 Å². The first-order valence-electron chi connectivity index (χ1n) is 3.99. The Balaban J connectivity index is 3.28. The van der Waals surface area contributed by atoms with Gasteiger partial charge in [0, 0.05) is 11.8 Å². The SMILES string of the molecule is C=CN=C(C=C)c1cc(O)ccc1Cl. The van der Waals surface area contributed by atoms with Crippen molar-refractivity contribution in [2.75, 3.05) is 0 Å². The van der Waals surface area contributed by atoms with Crippen molar-refractivity contribution < 1.29 is 5.11 Å². The normalized spacial score (nSPS) is 11.1. The number of allylic oxidation sites excluding steroid dienone is 1. The lowest BCUT2D eigenvalue weighted by Crippen LogP contribution is -1.96. The van der Waals surface area contributed by atoms with E-state index >= 15 is 0 Å². The molecule has 0 heterocycles. The van der Waals surface area contributed by atoms with Gasteiger partial charge in [-0.1, -0.05) is 24.8 Å². The molecule has 0 saturated carbocycles. The maximum Gasteiger partial charge on any atom is 0.116 e. The number of hydrogen-bond donors (Lipinski definition) is 1. The van der Waals surface area contributed by atoms with Gasteiger partial charge in [-0.05, 0) is 24.3 Å². The summed E-state index contributed by atoms with van der Waals surface area (Å²) < 4.78 is 0. The topological polar surface area (TPSA) is 32.6 Å². The Hall–Kier alpha value is -1.54. The van der Waals surface area contributed by atoms with Gasteiger partial charge in [0.15, 0.2) is 0 Å². The van der Waals surface area contributed by atoms with Gasteiger partial charge < -0.3 is 5.11 Å². The van der Waals surface area contributed by atoms with Gasteiger partial charge in [0.1, 0.15) is 5.75 Å². The minimum absolute atomic E-state index is 0.142. The van der Waals surface area contributed by atoms with Gasteiger partial charge in [-0.15, -0.1) is 0 Å². The molecule has 0 unspecified atom stereocenters. The van der Waals surface area contributed by atoms with Gasteiger partial charge in [0.25, 0.3) is 0 Å². The molecular weight excluding hydrogens is 198 g/mol. The number of phenols is 1. The van der Waals surface area contributed by atoms with E-state index in [0.717, 1.165) is 0 Å². The highest BCUT2D eigenvalue weighted by Gasteiger charge is 2.05. The van der Waals surface area contributed by atoms with Crippen LogP contribution in [0.4, 0.5) is 0 Å². The zero-order valence-corrected chi connectivity index (χ0v) is 8.33. The summed E-state index contributed by atoms with van der Waals surface area (Å²) in [6, 6.07) is 4.65. The summed E-state index contributed by atoms with van der Waals surface area (Å²) in [7, 11) is 0. The molecule has 1 aromatic carbocycles. The van der Waals surface area contributed by atoms with Crippen LogP contribution < -0.4 is 0 Å². The summed E-state index contributed by atoms with van der Waals surface area (Å²) >= 11 is 5.93. The number of aliphatic imine (C=N–C) groups is 1. The van der Waals surface area contributed by atoms with Gasteiger partial charge in [0.2, 0.25) is 0 Å². The summed E-state index contributed by atoms with van der Waals surface area (Å²) in [5.41, 5.74) is 1.22. The van der Waals surface area contributed by atoms with E-state index in [4.69, 9.17) is 11.6 Å². The lowest BCUT2D eigenvalue weighted by molar-refractivity contribution is 0.475. The molecule has 0 atom stereocenters. The number of rotatable bonds is 3. The van der Waals surface area contributed by atoms with Crippen LogP contribution in [0, 0.1) is 0 Å². The number of hydrogen-bond acceptors (Lipinski definition) is 2. The third-order valence-electron chi connectivity index (χ3n) is 1.65. The number of halogens is 1. The van der Waals surface area contributed by atoms with Gasteiger partial charge in [-0.2, -0.15) is 0 Å². The standard InChI is InChI=1S/C11H10ClNO/c1-3-11(13-4-2)9-7-8(14)5-6-10(9)12/h3-7,14H,1-2H2. The molecule has 1 rings (SSSR count). The molecule has 14 heavy (non-hydrogen) atoms. The molecule has 0 aliphatic carbocycles. The van der Waals surface area contributed by atoms with Crippen LogP contribution >= 0.6 is 11.6 Å². The van der Waals surface area contributed by atoms with Crippen molar-refractivity contribution in [1.82, 2.24) is 0 Å². The average Bonchev–Trinajstić information content (AvgIpc) is 2.18. The second-order valence-corrected chi connectivity index (χ2v) is 2.97. The first-order chi connectivity index (χ1) is 6.69. The van der Waals surface area contributed by atoms with Crippen molar-refractivity contribution in [1.29, 1.82) is 0 Å². The lowest BCUT2D eigenvalue weighted by atomic mass is 10.1. The predicted octanol–water partition coefficient (Wildman–Crippen LogP) is 3.16. The van der Waals surface area contributed by atoms with Crippen molar-refractivity contribution in [2.24, 2.45) is 4.99 Å². The Morgan fingerprint density at radius 3 is 2.71 bits per heavy atom. The molecule has 3 heteroatoms. The largest absolute Gasteiger partial charge is 0.508 e. The second-order valence-electron chi connectivity index (χ2n) is 2.57. The van der Waals surface area contributed by atoms with Crippen molar-refractivity contribution >= 4 is 17.3 Å². The third kappa shape index (κ3) is 2.24. The molecule has 0 fully saturated rings. The van der Waals surface area contributed by atoms with Gasteiger partial charge in [-0.25, -0.2) is 0 Å². The van der Waals surface area contributed by atoms with Crippen LogP contribution in [-0.2, 0) is 0 Å². The quantitative estimate of drug-likeness (QED) is 0.759. The first kappa shape index (κ1) is 10.5. The zero-order chi connectivity index (χ0) is 10.6. The Morgan fingerprint density at radius 2 is 2.14 bits per heavy atom. The molecular formula is C11H10ClNO. The van der Waals surface area contributed by atoms with Gasteiger partial charge >= 0.3 is 0 Å². The molecule has 0 aromatic heterocycles. The van der Waals surface area contributed by atoms with E-state index in [-0.39, 0.29) is 5.75 Å². The number of phenolic OH excluding ortho intramolecular Hbond substituents is 1. The van der Waals surface area contributed by atoms with Crippen molar-refractivity contribution in [3.63, 3.8) is 0 Å². The highest BCUT2D eigenvalue weighted by molar-refractivity contribution is 6.35. The molecule has 0 amide bonds. The molecule has 0 spiro atoms. The van der Waals surface area contributed by atoms with Crippen molar-refractivity contribution in [3.05, 3.63) is 54.2 Å². The van der Waals surface area contributed by atoms with Crippen LogP contribution in [0.5, 0.6) is 5.75 Å². The van der Waals surface area contributed by atoms with Crippen LogP contribution in [-0.4, -0.2) is 10.8 Å². The second kappa shape index (κ2) is 4.63. The summed E-state index contributed by atoms with van der Waals surface area (Å²) in [5.74, 6) is 0.142. The summed E-state index contributed by atoms with van der Waals surface area (Å²) in [6.07, 6.45) is 2.96. The van der Waals surface area contributed by atoms with E-state index in [1.165, 1.54) is 18.3 Å². The predicted molar refractivity (Wildman–Crippen MR) is 60.0 cm³/mol. The smallest absolute Gasteiger partial charge is 0.116 e. The van der Waals surface area contributed by atoms with Crippen LogP contribution in [0.2, 0.25) is 5.02 Å². The fraction of sp³-hybridized carbons (Fsp3) is 0. The summed E-state index contributed by atoms with van der Waals surface area (Å²) in [6.45, 7) is 7.09. The van der Waals surface area contributed by atoms with Crippen LogP contribution in [0.15, 0.2) is 48.6 Å². The maximum atomic E-state index is 9.28. The van der Waals surface area contributed by atoms with E-state index in [2.05, 4.69) is 18.2 Å². The molecule has 72 valence electrons. The summed E-state index contributed by atoms with van der Waals surface area (Å²) in [5, 5.41) is 9.79. The molecule has 0 saturated heterocycles. The van der Waals surface area contributed by atoms with Crippen LogP contribution in [0.3, 0.4) is 0 Å². The Kier molecular flexibility index (Phi) is 3.48. The van der Waals surface area contributed by atoms with E-state index in [0.29, 0.717) is 16.3 Å². The monoisotopic (exact) mass is 207 g/mol. The molecule has 1 N–H and O–H groups in total. The van der Waals surface area contributed by atoms with E-state index in [1.807, 2.05) is 0 Å². The maximum absolute atomic E-state index is 9.28. The molecule has 0 aliphatic heterocycles.